The molecular weight excluding hydrogens is 375 g/mol. The molecule has 8 heteroatoms. The minimum Gasteiger partial charge on any atom is -0.341 e. The minimum absolute atomic E-state index is 0.118. The number of amides is 1. The van der Waals surface area contributed by atoms with E-state index in [1.807, 2.05) is 0 Å². The van der Waals surface area contributed by atoms with Crippen molar-refractivity contribution in [1.82, 2.24) is 19.0 Å². The van der Waals surface area contributed by atoms with Crippen molar-refractivity contribution in [1.29, 1.82) is 0 Å². The highest BCUT2D eigenvalue weighted by Gasteiger charge is 2.25. The lowest BCUT2D eigenvalue weighted by atomic mass is 9.93. The highest BCUT2D eigenvalue weighted by atomic mass is 19.1. The molecule has 29 heavy (non-hydrogen) atoms. The number of carbonyl (C=O) groups is 1. The number of hydrogen-bond acceptors (Lipinski definition) is 4. The molecule has 3 heterocycles. The summed E-state index contributed by atoms with van der Waals surface area (Å²) in [5.74, 6) is -0.349. The number of aromatic nitrogens is 3. The molecule has 1 aromatic carbocycles. The van der Waals surface area contributed by atoms with Gasteiger partial charge in [-0.25, -0.2) is 9.18 Å². The first-order chi connectivity index (χ1) is 14.0. The quantitative estimate of drug-likeness (QED) is 0.674. The maximum Gasteiger partial charge on any atom is 0.331 e. The Morgan fingerprint density at radius 2 is 1.86 bits per heavy atom. The number of halogens is 1. The Hall–Kier alpha value is -3.29. The van der Waals surface area contributed by atoms with Gasteiger partial charge in [-0.15, -0.1) is 0 Å². The number of hydrogen-bond donors (Lipinski definition) is 0. The predicted molar refractivity (Wildman–Crippen MR) is 106 cm³/mol. The lowest BCUT2D eigenvalue weighted by Crippen LogP contribution is -2.44. The number of fused-ring (bicyclic) bond motifs is 1. The second-order valence-corrected chi connectivity index (χ2v) is 7.31. The van der Waals surface area contributed by atoms with Crippen LogP contribution in [0.1, 0.15) is 24.5 Å². The molecule has 0 bridgehead atoms. The smallest absolute Gasteiger partial charge is 0.331 e. The van der Waals surface area contributed by atoms with Crippen LogP contribution in [0.15, 0.2) is 52.2 Å². The van der Waals surface area contributed by atoms with Gasteiger partial charge in [0, 0.05) is 31.7 Å². The van der Waals surface area contributed by atoms with Gasteiger partial charge in [-0.05, 0) is 37.1 Å². The number of nitrogens with zero attached hydrogens (tertiary/aromatic N) is 4. The zero-order valence-electron chi connectivity index (χ0n) is 16.0. The zero-order chi connectivity index (χ0) is 20.5. The molecule has 0 saturated carbocycles. The molecule has 0 aliphatic carbocycles. The molecule has 0 atom stereocenters. The molecule has 1 fully saturated rings. The van der Waals surface area contributed by atoms with E-state index >= 15 is 0 Å². The van der Waals surface area contributed by atoms with Crippen molar-refractivity contribution >= 4 is 16.8 Å². The Labute approximate surface area is 166 Å². The Morgan fingerprint density at radius 3 is 2.55 bits per heavy atom. The largest absolute Gasteiger partial charge is 0.341 e. The van der Waals surface area contributed by atoms with Crippen LogP contribution in [-0.2, 0) is 18.4 Å². The summed E-state index contributed by atoms with van der Waals surface area (Å²) in [6.45, 7) is 0.967. The number of pyridine rings is 1. The average molecular weight is 396 g/mol. The lowest BCUT2D eigenvalue weighted by molar-refractivity contribution is -0.132. The maximum atomic E-state index is 13.1. The van der Waals surface area contributed by atoms with E-state index < -0.39 is 5.69 Å². The second-order valence-electron chi connectivity index (χ2n) is 7.31. The maximum absolute atomic E-state index is 13.1. The number of rotatable bonds is 3. The summed E-state index contributed by atoms with van der Waals surface area (Å²) >= 11 is 0. The molecule has 150 valence electrons. The second kappa shape index (κ2) is 7.62. The number of benzene rings is 1. The van der Waals surface area contributed by atoms with Gasteiger partial charge >= 0.3 is 5.69 Å². The van der Waals surface area contributed by atoms with Gasteiger partial charge in [-0.1, -0.05) is 12.1 Å². The van der Waals surface area contributed by atoms with Crippen LogP contribution in [0, 0.1) is 5.82 Å². The predicted octanol–water partition coefficient (Wildman–Crippen LogP) is 1.64. The SMILES string of the molecule is Cn1c(=O)c2ccccc2n(CC(=O)N2CCC(c3ccc(F)cn3)CC2)c1=O. The number of likely N-dealkylation sites (tertiary alicyclic amines) is 1. The number of carbonyl (C=O) groups excluding carboxylic acids is 1. The van der Waals surface area contributed by atoms with Crippen molar-refractivity contribution < 1.29 is 9.18 Å². The van der Waals surface area contributed by atoms with Crippen molar-refractivity contribution in [3.05, 3.63) is 74.9 Å². The van der Waals surface area contributed by atoms with Crippen molar-refractivity contribution in [2.24, 2.45) is 7.05 Å². The van der Waals surface area contributed by atoms with Crippen LogP contribution < -0.4 is 11.2 Å². The van der Waals surface area contributed by atoms with Crippen LogP contribution in [0.4, 0.5) is 4.39 Å². The van der Waals surface area contributed by atoms with Crippen molar-refractivity contribution in [2.75, 3.05) is 13.1 Å². The molecule has 1 saturated heterocycles. The van der Waals surface area contributed by atoms with Gasteiger partial charge in [0.2, 0.25) is 5.91 Å². The summed E-state index contributed by atoms with van der Waals surface area (Å²) in [5, 5.41) is 0.406. The minimum atomic E-state index is -0.507. The number of para-hydroxylation sites is 1. The Bertz CT molecular complexity index is 1180. The van der Waals surface area contributed by atoms with Crippen molar-refractivity contribution in [2.45, 2.75) is 25.3 Å². The van der Waals surface area contributed by atoms with Crippen LogP contribution in [-0.4, -0.2) is 38.0 Å². The van der Waals surface area contributed by atoms with Gasteiger partial charge in [0.15, 0.2) is 0 Å². The molecule has 4 rings (SSSR count). The van der Waals surface area contributed by atoms with E-state index in [0.717, 1.165) is 23.1 Å². The first-order valence-corrected chi connectivity index (χ1v) is 9.53. The highest BCUT2D eigenvalue weighted by Crippen LogP contribution is 2.26. The van der Waals surface area contributed by atoms with E-state index in [1.54, 1.807) is 35.2 Å². The van der Waals surface area contributed by atoms with E-state index in [4.69, 9.17) is 0 Å². The zero-order valence-corrected chi connectivity index (χ0v) is 16.0. The molecule has 2 aromatic heterocycles. The molecule has 0 radical (unpaired) electrons. The average Bonchev–Trinajstić information content (AvgIpc) is 2.75. The van der Waals surface area contributed by atoms with Gasteiger partial charge < -0.3 is 4.90 Å². The summed E-state index contributed by atoms with van der Waals surface area (Å²) in [6.07, 6.45) is 2.67. The topological polar surface area (TPSA) is 77.2 Å². The van der Waals surface area contributed by atoms with E-state index in [2.05, 4.69) is 4.98 Å². The molecule has 0 N–H and O–H groups in total. The van der Waals surface area contributed by atoms with Gasteiger partial charge in [-0.2, -0.15) is 0 Å². The number of piperidine rings is 1. The molecule has 1 aliphatic heterocycles. The summed E-state index contributed by atoms with van der Waals surface area (Å²) in [6, 6.07) is 9.89. The van der Waals surface area contributed by atoms with Crippen molar-refractivity contribution in [3.63, 3.8) is 0 Å². The van der Waals surface area contributed by atoms with Crippen LogP contribution in [0.2, 0.25) is 0 Å². The molecule has 0 spiro atoms. The first-order valence-electron chi connectivity index (χ1n) is 9.53. The van der Waals surface area contributed by atoms with Gasteiger partial charge in [0.05, 0.1) is 17.1 Å². The molecule has 1 amide bonds. The van der Waals surface area contributed by atoms with Crippen molar-refractivity contribution in [3.8, 4) is 0 Å². The summed E-state index contributed by atoms with van der Waals surface area (Å²) in [4.78, 5) is 43.6. The molecule has 0 unspecified atom stereocenters. The fraction of sp³-hybridized carbons (Fsp3) is 0.333. The summed E-state index contributed by atoms with van der Waals surface area (Å²) in [5.41, 5.74) is 0.410. The van der Waals surface area contributed by atoms with E-state index in [1.165, 1.54) is 23.9 Å². The highest BCUT2D eigenvalue weighted by molar-refractivity contribution is 5.81. The van der Waals surface area contributed by atoms with E-state index in [9.17, 15) is 18.8 Å². The van der Waals surface area contributed by atoms with Gasteiger partial charge in [-0.3, -0.25) is 23.7 Å². The lowest BCUT2D eigenvalue weighted by Gasteiger charge is -2.32. The van der Waals surface area contributed by atoms with Crippen LogP contribution in [0.25, 0.3) is 10.9 Å². The normalized spacial score (nSPS) is 15.0. The Kier molecular flexibility index (Phi) is 5.00. The first kappa shape index (κ1) is 19.0. The molecule has 1 aliphatic rings. The van der Waals surface area contributed by atoms with Crippen LogP contribution in [0.3, 0.4) is 0 Å². The summed E-state index contributed by atoms with van der Waals surface area (Å²) in [7, 11) is 1.42. The Morgan fingerprint density at radius 1 is 1.14 bits per heavy atom. The van der Waals surface area contributed by atoms with Gasteiger partial charge in [0.1, 0.15) is 12.4 Å². The van der Waals surface area contributed by atoms with Crippen LogP contribution >= 0.6 is 0 Å². The van der Waals surface area contributed by atoms with Gasteiger partial charge in [0.25, 0.3) is 5.56 Å². The monoisotopic (exact) mass is 396 g/mol. The molecule has 3 aromatic rings. The fourth-order valence-corrected chi connectivity index (χ4v) is 3.88. The summed E-state index contributed by atoms with van der Waals surface area (Å²) < 4.78 is 15.4. The fourth-order valence-electron chi connectivity index (χ4n) is 3.88. The standard InChI is InChI=1S/C21H21FN4O3/c1-24-20(28)16-4-2-3-5-18(16)26(21(24)29)13-19(27)25-10-8-14(9-11-25)17-7-6-15(22)12-23-17/h2-7,12,14H,8-11,13H2,1H3. The third-order valence-electron chi connectivity index (χ3n) is 5.56. The molecule has 7 nitrogen and oxygen atoms in total. The third kappa shape index (κ3) is 3.57. The van der Waals surface area contributed by atoms with Crippen LogP contribution in [0.5, 0.6) is 0 Å². The van der Waals surface area contributed by atoms with E-state index in [-0.39, 0.29) is 29.7 Å². The molecular formula is C21H21FN4O3. The van der Waals surface area contributed by atoms with E-state index in [0.29, 0.717) is 24.0 Å². The Balaban J connectivity index is 1.52. The third-order valence-corrected chi connectivity index (χ3v) is 5.56.